The summed E-state index contributed by atoms with van der Waals surface area (Å²) < 4.78 is 9.96. The molecule has 0 spiro atoms. The van der Waals surface area contributed by atoms with E-state index in [2.05, 4.69) is 5.32 Å². The van der Waals surface area contributed by atoms with Crippen molar-refractivity contribution in [3.8, 4) is 5.75 Å². The molecule has 0 aliphatic heterocycles. The third kappa shape index (κ3) is 5.27. The Morgan fingerprint density at radius 2 is 1.95 bits per heavy atom. The Balaban J connectivity index is 2.62. The summed E-state index contributed by atoms with van der Waals surface area (Å²) in [6.07, 6.45) is 0.206. The van der Waals surface area contributed by atoms with Crippen molar-refractivity contribution in [3.63, 3.8) is 0 Å². The summed E-state index contributed by atoms with van der Waals surface area (Å²) in [5.41, 5.74) is 0.801. The summed E-state index contributed by atoms with van der Waals surface area (Å²) in [6, 6.07) is 6.05. The molecule has 0 aliphatic carbocycles. The maximum atomic E-state index is 11.5. The zero-order chi connectivity index (χ0) is 15.0. The van der Waals surface area contributed by atoms with Gasteiger partial charge in [0.2, 0.25) is 5.91 Å². The molecule has 1 aromatic rings. The first-order valence-corrected chi connectivity index (χ1v) is 6.29. The van der Waals surface area contributed by atoms with Gasteiger partial charge in [-0.2, -0.15) is 0 Å². The van der Waals surface area contributed by atoms with E-state index in [4.69, 9.17) is 14.6 Å². The Morgan fingerprint density at radius 1 is 1.30 bits per heavy atom. The lowest BCUT2D eigenvalue weighted by Crippen LogP contribution is -2.43. The number of ether oxygens (including phenoxy) is 2. The minimum absolute atomic E-state index is 0.136. The molecule has 0 saturated carbocycles. The molecule has 6 nitrogen and oxygen atoms in total. The number of nitrogens with one attached hydrogen (secondary N) is 1. The number of carbonyl (C=O) groups is 2. The maximum Gasteiger partial charge on any atom is 0.326 e. The minimum Gasteiger partial charge on any atom is -0.497 e. The van der Waals surface area contributed by atoms with Crippen molar-refractivity contribution in [3.05, 3.63) is 29.8 Å². The molecule has 0 radical (unpaired) electrons. The van der Waals surface area contributed by atoms with Gasteiger partial charge in [-0.3, -0.25) is 4.79 Å². The third-order valence-corrected chi connectivity index (χ3v) is 2.67. The quantitative estimate of drug-likeness (QED) is 0.737. The fourth-order valence-electron chi connectivity index (χ4n) is 1.63. The predicted octanol–water partition coefficient (Wildman–Crippen LogP) is 0.844. The molecule has 0 aliphatic rings. The van der Waals surface area contributed by atoms with E-state index in [0.29, 0.717) is 12.4 Å². The molecule has 0 heterocycles. The number of hydrogen-bond acceptors (Lipinski definition) is 4. The molecular formula is C14H19NO5. The van der Waals surface area contributed by atoms with Gasteiger partial charge in [0.1, 0.15) is 18.4 Å². The van der Waals surface area contributed by atoms with Crippen molar-refractivity contribution in [1.82, 2.24) is 5.32 Å². The molecule has 1 aromatic carbocycles. The van der Waals surface area contributed by atoms with Crippen molar-refractivity contribution < 1.29 is 24.2 Å². The first kappa shape index (κ1) is 16.0. The van der Waals surface area contributed by atoms with Gasteiger partial charge >= 0.3 is 5.97 Å². The van der Waals surface area contributed by atoms with Crippen LogP contribution in [0.2, 0.25) is 0 Å². The van der Waals surface area contributed by atoms with Gasteiger partial charge in [-0.05, 0) is 24.6 Å². The van der Waals surface area contributed by atoms with Crippen molar-refractivity contribution in [2.24, 2.45) is 0 Å². The lowest BCUT2D eigenvalue weighted by Gasteiger charge is -2.14. The van der Waals surface area contributed by atoms with Crippen LogP contribution in [0.15, 0.2) is 24.3 Å². The van der Waals surface area contributed by atoms with Gasteiger partial charge in [-0.1, -0.05) is 12.1 Å². The van der Waals surface area contributed by atoms with Gasteiger partial charge < -0.3 is 19.9 Å². The van der Waals surface area contributed by atoms with Gasteiger partial charge in [0.25, 0.3) is 0 Å². The fraction of sp³-hybridized carbons (Fsp3) is 0.429. The highest BCUT2D eigenvalue weighted by Gasteiger charge is 2.20. The molecule has 0 bridgehead atoms. The second-order valence-electron chi connectivity index (χ2n) is 4.15. The highest BCUT2D eigenvalue weighted by atomic mass is 16.5. The summed E-state index contributed by atoms with van der Waals surface area (Å²) in [4.78, 5) is 22.6. The van der Waals surface area contributed by atoms with E-state index in [-0.39, 0.29) is 13.0 Å². The van der Waals surface area contributed by atoms with E-state index in [1.807, 2.05) is 0 Å². The van der Waals surface area contributed by atoms with Crippen molar-refractivity contribution in [2.75, 3.05) is 20.3 Å². The van der Waals surface area contributed by atoms with Gasteiger partial charge in [-0.25, -0.2) is 4.79 Å². The summed E-state index contributed by atoms with van der Waals surface area (Å²) in [5.74, 6) is -0.820. The number of carbonyl (C=O) groups excluding carboxylic acids is 1. The Labute approximate surface area is 117 Å². The zero-order valence-electron chi connectivity index (χ0n) is 11.6. The van der Waals surface area contributed by atoms with Crippen LogP contribution in [0.4, 0.5) is 0 Å². The van der Waals surface area contributed by atoms with Crippen LogP contribution in [-0.2, 0) is 20.7 Å². The van der Waals surface area contributed by atoms with E-state index in [9.17, 15) is 9.59 Å². The summed E-state index contributed by atoms with van der Waals surface area (Å²) in [5, 5.41) is 11.6. The fourth-order valence-corrected chi connectivity index (χ4v) is 1.63. The average molecular weight is 281 g/mol. The van der Waals surface area contributed by atoms with E-state index in [1.165, 1.54) is 0 Å². The van der Waals surface area contributed by atoms with Gasteiger partial charge in [0, 0.05) is 13.0 Å². The summed E-state index contributed by atoms with van der Waals surface area (Å²) in [6.45, 7) is 2.03. The molecule has 0 unspecified atom stereocenters. The van der Waals surface area contributed by atoms with Gasteiger partial charge in [0.05, 0.1) is 7.11 Å². The highest BCUT2D eigenvalue weighted by molar-refractivity contribution is 5.84. The van der Waals surface area contributed by atoms with Crippen LogP contribution >= 0.6 is 0 Å². The molecule has 2 N–H and O–H groups in total. The van der Waals surface area contributed by atoms with Crippen LogP contribution in [-0.4, -0.2) is 43.3 Å². The molecule has 1 rings (SSSR count). The largest absolute Gasteiger partial charge is 0.497 e. The first-order valence-electron chi connectivity index (χ1n) is 6.29. The number of aliphatic carboxylic acids is 1. The van der Waals surface area contributed by atoms with Crippen molar-refractivity contribution >= 4 is 11.9 Å². The Hall–Kier alpha value is -2.08. The van der Waals surface area contributed by atoms with E-state index >= 15 is 0 Å². The standard InChI is InChI=1S/C14H19NO5/c1-3-20-9-13(16)15-12(14(17)18)8-10-4-6-11(19-2)7-5-10/h4-7,12H,3,8-9H2,1-2H3,(H,15,16)(H,17,18)/t12-/m0/s1. The van der Waals surface area contributed by atoms with Gasteiger partial charge in [0.15, 0.2) is 0 Å². The summed E-state index contributed by atoms with van der Waals surface area (Å²) >= 11 is 0. The van der Waals surface area contributed by atoms with Crippen LogP contribution in [0.5, 0.6) is 5.75 Å². The average Bonchev–Trinajstić information content (AvgIpc) is 2.45. The van der Waals surface area contributed by atoms with E-state index in [1.54, 1.807) is 38.3 Å². The first-order chi connectivity index (χ1) is 9.56. The smallest absolute Gasteiger partial charge is 0.326 e. The van der Waals surface area contributed by atoms with Crippen LogP contribution < -0.4 is 10.1 Å². The third-order valence-electron chi connectivity index (χ3n) is 2.67. The number of benzene rings is 1. The van der Waals surface area contributed by atoms with Crippen molar-refractivity contribution in [1.29, 1.82) is 0 Å². The number of methoxy groups -OCH3 is 1. The van der Waals surface area contributed by atoms with Crippen LogP contribution in [0.3, 0.4) is 0 Å². The molecule has 1 atom stereocenters. The number of rotatable bonds is 8. The molecule has 1 amide bonds. The van der Waals surface area contributed by atoms with Crippen LogP contribution in [0.1, 0.15) is 12.5 Å². The minimum atomic E-state index is -1.08. The van der Waals surface area contributed by atoms with Crippen LogP contribution in [0, 0.1) is 0 Å². The topological polar surface area (TPSA) is 84.9 Å². The van der Waals surface area contributed by atoms with E-state index in [0.717, 1.165) is 5.56 Å². The van der Waals surface area contributed by atoms with Crippen LogP contribution in [0.25, 0.3) is 0 Å². The molecule has 0 fully saturated rings. The number of hydrogen-bond donors (Lipinski definition) is 2. The lowest BCUT2D eigenvalue weighted by molar-refractivity contribution is -0.142. The maximum absolute atomic E-state index is 11.5. The Morgan fingerprint density at radius 3 is 2.45 bits per heavy atom. The SMILES string of the molecule is CCOCC(=O)N[C@@H](Cc1ccc(OC)cc1)C(=O)O. The molecule has 110 valence electrons. The second-order valence-corrected chi connectivity index (χ2v) is 4.15. The predicted molar refractivity (Wildman–Crippen MR) is 72.8 cm³/mol. The number of amides is 1. The Kier molecular flexibility index (Phi) is 6.52. The normalized spacial score (nSPS) is 11.7. The summed E-state index contributed by atoms with van der Waals surface area (Å²) in [7, 11) is 1.56. The highest BCUT2D eigenvalue weighted by Crippen LogP contribution is 2.12. The molecule has 6 heteroatoms. The van der Waals surface area contributed by atoms with Crippen molar-refractivity contribution in [2.45, 2.75) is 19.4 Å². The monoisotopic (exact) mass is 281 g/mol. The molecule has 0 aromatic heterocycles. The second kappa shape index (κ2) is 8.16. The molecular weight excluding hydrogens is 262 g/mol. The van der Waals surface area contributed by atoms with Gasteiger partial charge in [-0.15, -0.1) is 0 Å². The molecule has 20 heavy (non-hydrogen) atoms. The number of carboxylic acid groups (broad SMARTS) is 1. The number of carboxylic acids is 1. The van der Waals surface area contributed by atoms with E-state index < -0.39 is 17.9 Å². The lowest BCUT2D eigenvalue weighted by atomic mass is 10.1. The molecule has 0 saturated heterocycles. The zero-order valence-corrected chi connectivity index (χ0v) is 11.6. The Bertz CT molecular complexity index is 443.